The number of pyridine rings is 1. The molecule has 0 aliphatic heterocycles. The molecule has 1 aromatic carbocycles. The van der Waals surface area contributed by atoms with Crippen molar-refractivity contribution in [3.8, 4) is 0 Å². The third kappa shape index (κ3) is 3.71. The molecular weight excluding hydrogens is 322 g/mol. The van der Waals surface area contributed by atoms with Crippen LogP contribution in [-0.2, 0) is 4.74 Å². The highest BCUT2D eigenvalue weighted by atomic mass is 79.9. The third-order valence-corrected chi connectivity index (χ3v) is 3.52. The molecule has 0 saturated heterocycles. The first kappa shape index (κ1) is 14.3. The number of benzene rings is 1. The van der Waals surface area contributed by atoms with E-state index in [-0.39, 0.29) is 0 Å². The van der Waals surface area contributed by atoms with Gasteiger partial charge in [-0.2, -0.15) is 0 Å². The van der Waals surface area contributed by atoms with Crippen LogP contribution in [0.3, 0.4) is 0 Å². The number of methoxy groups -OCH3 is 1. The summed E-state index contributed by atoms with van der Waals surface area (Å²) in [4.78, 5) is 15.3. The quantitative estimate of drug-likeness (QED) is 0.887. The predicted molar refractivity (Wildman–Crippen MR) is 82.4 cm³/mol. The van der Waals surface area contributed by atoms with Crippen LogP contribution in [0.2, 0.25) is 0 Å². The molecule has 2 N–H and O–H groups in total. The third-order valence-electron chi connectivity index (χ3n) is 2.63. The van der Waals surface area contributed by atoms with Gasteiger partial charge in [-0.25, -0.2) is 9.78 Å². The molecule has 1 amide bonds. The molecule has 0 aliphatic carbocycles. The molecule has 2 rings (SSSR count). The van der Waals surface area contributed by atoms with E-state index in [1.54, 1.807) is 18.3 Å². The second kappa shape index (κ2) is 6.38. The van der Waals surface area contributed by atoms with Gasteiger partial charge in [0.2, 0.25) is 0 Å². The lowest BCUT2D eigenvalue weighted by Gasteiger charge is -2.08. The number of amides is 1. The Balaban J connectivity index is 2.06. The topological polar surface area (TPSA) is 63.2 Å². The number of carbonyl (C=O) groups is 1. The molecule has 0 saturated carbocycles. The van der Waals surface area contributed by atoms with Crippen LogP contribution in [0.15, 0.2) is 41.0 Å². The number of ether oxygens (including phenoxy) is 1. The van der Waals surface area contributed by atoms with Gasteiger partial charge in [-0.05, 0) is 42.8 Å². The normalized spacial score (nSPS) is 9.95. The second-order valence-corrected chi connectivity index (χ2v) is 4.99. The Bertz CT molecular complexity index is 614. The van der Waals surface area contributed by atoms with Crippen molar-refractivity contribution in [2.75, 3.05) is 17.7 Å². The smallest absolute Gasteiger partial charge is 0.411 e. The average Bonchev–Trinajstić information content (AvgIpc) is 2.45. The van der Waals surface area contributed by atoms with Gasteiger partial charge in [0.05, 0.1) is 19.0 Å². The number of nitrogens with zero attached hydrogens (tertiary/aromatic N) is 1. The van der Waals surface area contributed by atoms with Crippen molar-refractivity contribution in [2.24, 2.45) is 0 Å². The van der Waals surface area contributed by atoms with E-state index in [1.807, 2.05) is 25.1 Å². The van der Waals surface area contributed by atoms with E-state index >= 15 is 0 Å². The maximum absolute atomic E-state index is 11.0. The van der Waals surface area contributed by atoms with Gasteiger partial charge in [0.1, 0.15) is 5.82 Å². The Labute approximate surface area is 125 Å². The molecule has 0 fully saturated rings. The molecule has 1 aromatic heterocycles. The summed E-state index contributed by atoms with van der Waals surface area (Å²) in [6, 6.07) is 9.48. The Morgan fingerprint density at radius 1 is 1.25 bits per heavy atom. The van der Waals surface area contributed by atoms with Crippen molar-refractivity contribution in [1.29, 1.82) is 0 Å². The van der Waals surface area contributed by atoms with Crippen molar-refractivity contribution >= 4 is 39.2 Å². The number of hydrogen-bond acceptors (Lipinski definition) is 4. The lowest BCUT2D eigenvalue weighted by molar-refractivity contribution is 0.187. The number of hydrogen-bond donors (Lipinski definition) is 2. The number of nitrogens with one attached hydrogen (secondary N) is 2. The fourth-order valence-corrected chi connectivity index (χ4v) is 1.83. The fraction of sp³-hybridized carbons (Fsp3) is 0.143. The van der Waals surface area contributed by atoms with E-state index < -0.39 is 6.09 Å². The molecule has 2 aromatic rings. The van der Waals surface area contributed by atoms with Crippen LogP contribution in [0.5, 0.6) is 0 Å². The van der Waals surface area contributed by atoms with Crippen molar-refractivity contribution in [3.05, 3.63) is 46.6 Å². The van der Waals surface area contributed by atoms with E-state index in [0.29, 0.717) is 11.5 Å². The fourth-order valence-electron chi connectivity index (χ4n) is 1.58. The summed E-state index contributed by atoms with van der Waals surface area (Å²) in [5, 5.41) is 5.73. The first-order valence-electron chi connectivity index (χ1n) is 5.92. The van der Waals surface area contributed by atoms with Gasteiger partial charge in [-0.1, -0.05) is 15.9 Å². The largest absolute Gasteiger partial charge is 0.453 e. The molecule has 0 unspecified atom stereocenters. The summed E-state index contributed by atoms with van der Waals surface area (Å²) in [6.45, 7) is 2.02. The Hall–Kier alpha value is -2.08. The molecular formula is C14H14BrN3O2. The van der Waals surface area contributed by atoms with Crippen molar-refractivity contribution in [2.45, 2.75) is 6.92 Å². The zero-order valence-electron chi connectivity index (χ0n) is 11.1. The molecule has 0 bridgehead atoms. The van der Waals surface area contributed by atoms with Gasteiger partial charge in [-0.15, -0.1) is 0 Å². The zero-order chi connectivity index (χ0) is 14.5. The van der Waals surface area contributed by atoms with Gasteiger partial charge in [0.25, 0.3) is 0 Å². The van der Waals surface area contributed by atoms with Crippen molar-refractivity contribution < 1.29 is 9.53 Å². The lowest BCUT2D eigenvalue weighted by Crippen LogP contribution is -2.11. The molecule has 0 aliphatic rings. The lowest BCUT2D eigenvalue weighted by atomic mass is 10.2. The summed E-state index contributed by atoms with van der Waals surface area (Å²) in [5.74, 6) is 0.696. The summed E-state index contributed by atoms with van der Waals surface area (Å²) < 4.78 is 5.57. The number of aromatic nitrogens is 1. The van der Waals surface area contributed by atoms with Gasteiger partial charge in [0, 0.05) is 10.2 Å². The standard InChI is InChI=1S/C14H14BrN3O2/c1-9-7-10(3-5-12(9)15)17-13-6-4-11(8-16-13)18-14(19)20-2/h3-8H,1-2H3,(H,16,17)(H,18,19). The number of rotatable bonds is 3. The highest BCUT2D eigenvalue weighted by Crippen LogP contribution is 2.22. The zero-order valence-corrected chi connectivity index (χ0v) is 12.7. The Morgan fingerprint density at radius 2 is 2.00 bits per heavy atom. The maximum atomic E-state index is 11.0. The van der Waals surface area contributed by atoms with E-state index in [2.05, 4.69) is 36.3 Å². The first-order chi connectivity index (χ1) is 9.58. The van der Waals surface area contributed by atoms with Crippen LogP contribution in [0.4, 0.5) is 22.0 Å². The van der Waals surface area contributed by atoms with Gasteiger partial charge < -0.3 is 10.1 Å². The van der Waals surface area contributed by atoms with E-state index in [9.17, 15) is 4.79 Å². The molecule has 0 atom stereocenters. The van der Waals surface area contributed by atoms with E-state index in [0.717, 1.165) is 15.7 Å². The van der Waals surface area contributed by atoms with Crippen LogP contribution < -0.4 is 10.6 Å². The molecule has 104 valence electrons. The SMILES string of the molecule is COC(=O)Nc1ccc(Nc2ccc(Br)c(C)c2)nc1. The van der Waals surface area contributed by atoms with Gasteiger partial charge in [-0.3, -0.25) is 5.32 Å². The van der Waals surface area contributed by atoms with Gasteiger partial charge >= 0.3 is 6.09 Å². The molecule has 0 radical (unpaired) electrons. The molecule has 5 nitrogen and oxygen atoms in total. The Kier molecular flexibility index (Phi) is 4.57. The minimum absolute atomic E-state index is 0.518. The van der Waals surface area contributed by atoms with Crippen molar-refractivity contribution in [3.63, 3.8) is 0 Å². The molecule has 0 spiro atoms. The number of anilines is 3. The number of halogens is 1. The van der Waals surface area contributed by atoms with Crippen LogP contribution in [0, 0.1) is 6.92 Å². The molecule has 1 heterocycles. The van der Waals surface area contributed by atoms with E-state index in [4.69, 9.17) is 0 Å². The monoisotopic (exact) mass is 335 g/mol. The van der Waals surface area contributed by atoms with Crippen LogP contribution in [-0.4, -0.2) is 18.2 Å². The highest BCUT2D eigenvalue weighted by molar-refractivity contribution is 9.10. The van der Waals surface area contributed by atoms with Crippen LogP contribution in [0.25, 0.3) is 0 Å². The first-order valence-corrected chi connectivity index (χ1v) is 6.72. The van der Waals surface area contributed by atoms with Gasteiger partial charge in [0.15, 0.2) is 0 Å². The minimum atomic E-state index is -0.518. The predicted octanol–water partition coefficient (Wildman–Crippen LogP) is 4.07. The number of carbonyl (C=O) groups excluding carboxylic acids is 1. The highest BCUT2D eigenvalue weighted by Gasteiger charge is 2.02. The summed E-state index contributed by atoms with van der Waals surface area (Å²) in [6.07, 6.45) is 1.04. The molecule has 20 heavy (non-hydrogen) atoms. The Morgan fingerprint density at radius 3 is 2.60 bits per heavy atom. The minimum Gasteiger partial charge on any atom is -0.453 e. The summed E-state index contributed by atoms with van der Waals surface area (Å²) >= 11 is 3.46. The maximum Gasteiger partial charge on any atom is 0.411 e. The van der Waals surface area contributed by atoms with Crippen LogP contribution >= 0.6 is 15.9 Å². The van der Waals surface area contributed by atoms with Crippen molar-refractivity contribution in [1.82, 2.24) is 4.98 Å². The second-order valence-electron chi connectivity index (χ2n) is 4.14. The number of aryl methyl sites for hydroxylation is 1. The molecule has 6 heteroatoms. The summed E-state index contributed by atoms with van der Waals surface area (Å²) in [7, 11) is 1.31. The average molecular weight is 336 g/mol. The summed E-state index contributed by atoms with van der Waals surface area (Å²) in [5.41, 5.74) is 2.67. The van der Waals surface area contributed by atoms with E-state index in [1.165, 1.54) is 7.11 Å². The van der Waals surface area contributed by atoms with Crippen LogP contribution in [0.1, 0.15) is 5.56 Å².